The van der Waals surface area contributed by atoms with Crippen LogP contribution in [0.1, 0.15) is 20.7 Å². The van der Waals surface area contributed by atoms with Crippen molar-refractivity contribution in [3.05, 3.63) is 65.7 Å². The minimum absolute atomic E-state index is 0.127. The summed E-state index contributed by atoms with van der Waals surface area (Å²) < 4.78 is 5.04. The Morgan fingerprint density at radius 1 is 1.00 bits per heavy atom. The SMILES string of the molecule is N#CC(C#N)=NNc1ccccc1C(=O)OCC(=O)c1ccccc1. The van der Waals surface area contributed by atoms with Crippen LogP contribution in [-0.4, -0.2) is 24.1 Å². The van der Waals surface area contributed by atoms with Gasteiger partial charge in [0, 0.05) is 5.56 Å². The van der Waals surface area contributed by atoms with Gasteiger partial charge in [-0.15, -0.1) is 0 Å². The summed E-state index contributed by atoms with van der Waals surface area (Å²) in [6.45, 7) is -0.401. The van der Waals surface area contributed by atoms with Crippen LogP contribution in [0.3, 0.4) is 0 Å². The molecule has 0 heterocycles. The number of benzene rings is 2. The molecule has 0 saturated heterocycles. The van der Waals surface area contributed by atoms with Crippen molar-refractivity contribution in [2.45, 2.75) is 0 Å². The zero-order chi connectivity index (χ0) is 18.1. The fraction of sp³-hybridized carbons (Fsp3) is 0.0556. The molecule has 0 aliphatic heterocycles. The highest BCUT2D eigenvalue weighted by Gasteiger charge is 2.15. The molecular formula is C18H12N4O3. The Kier molecular flexibility index (Phi) is 5.99. The van der Waals surface area contributed by atoms with Gasteiger partial charge >= 0.3 is 5.97 Å². The molecule has 1 N–H and O–H groups in total. The fourth-order valence-electron chi connectivity index (χ4n) is 1.87. The highest BCUT2D eigenvalue weighted by Crippen LogP contribution is 2.16. The lowest BCUT2D eigenvalue weighted by Crippen LogP contribution is -2.15. The number of ether oxygens (including phenoxy) is 1. The van der Waals surface area contributed by atoms with E-state index in [1.165, 1.54) is 12.1 Å². The zero-order valence-electron chi connectivity index (χ0n) is 13.0. The van der Waals surface area contributed by atoms with Crippen molar-refractivity contribution in [3.63, 3.8) is 0 Å². The van der Waals surface area contributed by atoms with Crippen molar-refractivity contribution in [2.75, 3.05) is 12.0 Å². The smallest absolute Gasteiger partial charge is 0.340 e. The first-order valence-corrected chi connectivity index (χ1v) is 7.14. The van der Waals surface area contributed by atoms with Crippen LogP contribution in [0, 0.1) is 22.7 Å². The number of hydrazone groups is 1. The van der Waals surface area contributed by atoms with Crippen LogP contribution in [0.5, 0.6) is 0 Å². The lowest BCUT2D eigenvalue weighted by Gasteiger charge is -2.08. The van der Waals surface area contributed by atoms with Crippen LogP contribution >= 0.6 is 0 Å². The predicted molar refractivity (Wildman–Crippen MR) is 89.8 cm³/mol. The predicted octanol–water partition coefficient (Wildman–Crippen LogP) is 2.54. The molecule has 25 heavy (non-hydrogen) atoms. The average molecular weight is 332 g/mol. The van der Waals surface area contributed by atoms with Gasteiger partial charge in [-0.1, -0.05) is 42.5 Å². The largest absolute Gasteiger partial charge is 0.454 e. The maximum atomic E-state index is 12.2. The van der Waals surface area contributed by atoms with Crippen LogP contribution in [0.15, 0.2) is 59.7 Å². The van der Waals surface area contributed by atoms with E-state index in [1.807, 2.05) is 0 Å². The summed E-state index contributed by atoms with van der Waals surface area (Å²) in [7, 11) is 0. The Balaban J connectivity index is 2.07. The number of hydrogen-bond donors (Lipinski definition) is 1. The summed E-state index contributed by atoms with van der Waals surface area (Å²) in [5.74, 6) is -1.05. The molecule has 0 fully saturated rings. The number of nitrogens with one attached hydrogen (secondary N) is 1. The van der Waals surface area contributed by atoms with Gasteiger partial charge in [-0.25, -0.2) is 4.79 Å². The number of nitriles is 2. The van der Waals surface area contributed by atoms with E-state index in [9.17, 15) is 9.59 Å². The lowest BCUT2D eigenvalue weighted by atomic mass is 10.1. The molecule has 0 aliphatic rings. The second kappa shape index (κ2) is 8.61. The molecule has 7 nitrogen and oxygen atoms in total. The molecule has 0 amide bonds. The molecule has 0 bridgehead atoms. The maximum absolute atomic E-state index is 12.2. The van der Waals surface area contributed by atoms with Gasteiger partial charge in [0.2, 0.25) is 5.71 Å². The van der Waals surface area contributed by atoms with Crippen molar-refractivity contribution in [2.24, 2.45) is 5.10 Å². The van der Waals surface area contributed by atoms with E-state index in [1.54, 1.807) is 54.6 Å². The second-order valence-electron chi connectivity index (χ2n) is 4.71. The molecule has 2 aromatic rings. The highest BCUT2D eigenvalue weighted by atomic mass is 16.5. The van der Waals surface area contributed by atoms with E-state index in [2.05, 4.69) is 10.5 Å². The molecule has 0 unspecified atom stereocenters. The van der Waals surface area contributed by atoms with Crippen LogP contribution in [0.25, 0.3) is 0 Å². The molecular weight excluding hydrogens is 320 g/mol. The third-order valence-corrected chi connectivity index (χ3v) is 3.08. The van der Waals surface area contributed by atoms with Crippen molar-refractivity contribution in [1.29, 1.82) is 10.5 Å². The van der Waals surface area contributed by atoms with Crippen LogP contribution in [-0.2, 0) is 4.74 Å². The number of carbonyl (C=O) groups is 2. The van der Waals surface area contributed by atoms with Gasteiger partial charge in [0.1, 0.15) is 12.1 Å². The number of carbonyl (C=O) groups excluding carboxylic acids is 2. The number of nitrogens with zero attached hydrogens (tertiary/aromatic N) is 3. The van der Waals surface area contributed by atoms with E-state index >= 15 is 0 Å². The minimum atomic E-state index is -0.724. The molecule has 0 saturated carbocycles. The Morgan fingerprint density at radius 3 is 2.32 bits per heavy atom. The maximum Gasteiger partial charge on any atom is 0.340 e. The third kappa shape index (κ3) is 4.75. The molecule has 0 radical (unpaired) electrons. The number of Topliss-reactive ketones (excluding diaryl/α,β-unsaturated/α-hetero) is 1. The van der Waals surface area contributed by atoms with Crippen LogP contribution < -0.4 is 5.43 Å². The zero-order valence-corrected chi connectivity index (χ0v) is 13.0. The van der Waals surface area contributed by atoms with E-state index in [0.717, 1.165) is 0 Å². The van der Waals surface area contributed by atoms with Crippen molar-refractivity contribution in [1.82, 2.24) is 0 Å². The average Bonchev–Trinajstić information content (AvgIpc) is 2.67. The number of para-hydroxylation sites is 1. The Bertz CT molecular complexity index is 877. The molecule has 2 aromatic carbocycles. The lowest BCUT2D eigenvalue weighted by molar-refractivity contribution is 0.0475. The summed E-state index contributed by atoms with van der Waals surface area (Å²) in [6, 6.07) is 17.9. The number of hydrogen-bond acceptors (Lipinski definition) is 7. The number of rotatable bonds is 6. The summed E-state index contributed by atoms with van der Waals surface area (Å²) in [5.41, 5.74) is 2.91. The minimum Gasteiger partial charge on any atom is -0.454 e. The first-order valence-electron chi connectivity index (χ1n) is 7.14. The van der Waals surface area contributed by atoms with Gasteiger partial charge in [0.25, 0.3) is 0 Å². The number of anilines is 1. The molecule has 0 spiro atoms. The Morgan fingerprint density at radius 2 is 1.64 bits per heavy atom. The van der Waals surface area contributed by atoms with Gasteiger partial charge in [0.15, 0.2) is 12.4 Å². The normalized spacial score (nSPS) is 9.20. The van der Waals surface area contributed by atoms with E-state index < -0.39 is 12.6 Å². The van der Waals surface area contributed by atoms with E-state index in [-0.39, 0.29) is 22.7 Å². The van der Waals surface area contributed by atoms with E-state index in [4.69, 9.17) is 15.3 Å². The van der Waals surface area contributed by atoms with Gasteiger partial charge in [-0.3, -0.25) is 10.2 Å². The fourth-order valence-corrected chi connectivity index (χ4v) is 1.87. The topological polar surface area (TPSA) is 115 Å². The summed E-state index contributed by atoms with van der Waals surface area (Å²) in [6.07, 6.45) is 0. The van der Waals surface area contributed by atoms with Gasteiger partial charge in [-0.2, -0.15) is 15.6 Å². The molecule has 0 aromatic heterocycles. The van der Waals surface area contributed by atoms with Crippen LogP contribution in [0.4, 0.5) is 5.69 Å². The quantitative estimate of drug-likeness (QED) is 0.376. The summed E-state index contributed by atoms with van der Waals surface area (Å²) >= 11 is 0. The molecule has 122 valence electrons. The molecule has 0 atom stereocenters. The molecule has 7 heteroatoms. The van der Waals surface area contributed by atoms with Crippen molar-refractivity contribution < 1.29 is 14.3 Å². The van der Waals surface area contributed by atoms with Gasteiger partial charge in [0.05, 0.1) is 11.3 Å². The summed E-state index contributed by atoms with van der Waals surface area (Å²) in [5, 5.41) is 20.9. The summed E-state index contributed by atoms with van der Waals surface area (Å²) in [4.78, 5) is 24.2. The Hall–Kier alpha value is -3.97. The van der Waals surface area contributed by atoms with Gasteiger partial charge in [-0.05, 0) is 12.1 Å². The first-order chi connectivity index (χ1) is 12.2. The Labute approximate surface area is 143 Å². The van der Waals surface area contributed by atoms with Crippen molar-refractivity contribution >= 4 is 23.2 Å². The highest BCUT2D eigenvalue weighted by molar-refractivity contribution is 6.10. The second-order valence-corrected chi connectivity index (χ2v) is 4.71. The molecule has 2 rings (SSSR count). The molecule has 0 aliphatic carbocycles. The van der Waals surface area contributed by atoms with Crippen LogP contribution in [0.2, 0.25) is 0 Å². The van der Waals surface area contributed by atoms with Gasteiger partial charge < -0.3 is 4.74 Å². The van der Waals surface area contributed by atoms with E-state index in [0.29, 0.717) is 5.56 Å². The monoisotopic (exact) mass is 332 g/mol. The van der Waals surface area contributed by atoms with Crippen molar-refractivity contribution in [3.8, 4) is 12.1 Å². The first kappa shape index (κ1) is 17.4. The standard InChI is InChI=1S/C18H12N4O3/c19-10-14(11-20)21-22-16-9-5-4-8-15(16)18(24)25-12-17(23)13-6-2-1-3-7-13/h1-9,22H,12H2. The number of esters is 1. The number of ketones is 1. The third-order valence-electron chi connectivity index (χ3n) is 3.08.